The maximum absolute atomic E-state index is 11.7. The molecule has 1 N–H and O–H groups in total. The fourth-order valence-corrected chi connectivity index (χ4v) is 2.83. The number of hydrogen-bond acceptors (Lipinski definition) is 2. The van der Waals surface area contributed by atoms with E-state index in [1.54, 1.807) is 0 Å². The highest BCUT2D eigenvalue weighted by molar-refractivity contribution is 5.73. The average molecular weight is 340 g/mol. The van der Waals surface area contributed by atoms with Crippen LogP contribution in [0.1, 0.15) is 56.2 Å². The first-order valence-electron chi connectivity index (χ1n) is 9.07. The summed E-state index contributed by atoms with van der Waals surface area (Å²) in [4.78, 5) is 11.7. The van der Waals surface area contributed by atoms with Crippen LogP contribution in [0.3, 0.4) is 0 Å². The highest BCUT2D eigenvalue weighted by atomic mass is 16.5. The van der Waals surface area contributed by atoms with Crippen molar-refractivity contribution in [1.82, 2.24) is 0 Å². The van der Waals surface area contributed by atoms with Crippen molar-refractivity contribution < 1.29 is 14.6 Å². The number of benzene rings is 2. The van der Waals surface area contributed by atoms with Gasteiger partial charge in [0, 0.05) is 6.42 Å². The first-order valence-corrected chi connectivity index (χ1v) is 9.07. The van der Waals surface area contributed by atoms with Crippen molar-refractivity contribution in [2.75, 3.05) is 0 Å². The van der Waals surface area contributed by atoms with Crippen LogP contribution in [0.25, 0.3) is 0 Å². The van der Waals surface area contributed by atoms with E-state index in [1.165, 1.54) is 18.4 Å². The molecule has 0 saturated heterocycles. The van der Waals surface area contributed by atoms with E-state index in [0.717, 1.165) is 17.5 Å². The van der Waals surface area contributed by atoms with Crippen LogP contribution < -0.4 is 4.74 Å². The summed E-state index contributed by atoms with van der Waals surface area (Å²) in [5, 5.41) is 9.57. The lowest BCUT2D eigenvalue weighted by atomic mass is 10.0. The molecule has 0 saturated carbocycles. The first kappa shape index (κ1) is 19.0. The Morgan fingerprint density at radius 3 is 2.28 bits per heavy atom. The second kappa shape index (κ2) is 9.26. The lowest BCUT2D eigenvalue weighted by Crippen LogP contribution is -2.29. The van der Waals surface area contributed by atoms with E-state index in [-0.39, 0.29) is 5.92 Å². The SMILES string of the molecule is CCCCc1ccc(CC(Oc2ccccc2C(C)C)C(=O)O)cc1. The molecule has 1 atom stereocenters. The summed E-state index contributed by atoms with van der Waals surface area (Å²) in [5.74, 6) is 0.00146. The van der Waals surface area contributed by atoms with E-state index in [4.69, 9.17) is 4.74 Å². The summed E-state index contributed by atoms with van der Waals surface area (Å²) in [6, 6.07) is 15.9. The highest BCUT2D eigenvalue weighted by Gasteiger charge is 2.21. The summed E-state index contributed by atoms with van der Waals surface area (Å²) in [6.45, 7) is 6.33. The van der Waals surface area contributed by atoms with E-state index in [0.29, 0.717) is 12.2 Å². The van der Waals surface area contributed by atoms with Crippen molar-refractivity contribution in [3.05, 3.63) is 65.2 Å². The molecule has 0 radical (unpaired) electrons. The number of ether oxygens (including phenoxy) is 1. The molecular weight excluding hydrogens is 312 g/mol. The molecule has 0 fully saturated rings. The minimum atomic E-state index is -0.936. The van der Waals surface area contributed by atoms with Gasteiger partial charge >= 0.3 is 5.97 Å². The molecular formula is C22H28O3. The quantitative estimate of drug-likeness (QED) is 0.680. The zero-order valence-corrected chi connectivity index (χ0v) is 15.4. The van der Waals surface area contributed by atoms with Gasteiger partial charge in [-0.15, -0.1) is 0 Å². The second-order valence-corrected chi connectivity index (χ2v) is 6.76. The predicted molar refractivity (Wildman–Crippen MR) is 101 cm³/mol. The number of unbranched alkanes of at least 4 members (excludes halogenated alkanes) is 1. The molecule has 1 unspecified atom stereocenters. The average Bonchev–Trinajstić information content (AvgIpc) is 2.60. The summed E-state index contributed by atoms with van der Waals surface area (Å²) < 4.78 is 5.87. The zero-order chi connectivity index (χ0) is 18.2. The van der Waals surface area contributed by atoms with Crippen LogP contribution in [-0.2, 0) is 17.6 Å². The summed E-state index contributed by atoms with van der Waals surface area (Å²) in [7, 11) is 0. The molecule has 0 aliphatic rings. The number of carboxylic acid groups (broad SMARTS) is 1. The van der Waals surface area contributed by atoms with Gasteiger partial charge < -0.3 is 9.84 Å². The molecule has 0 amide bonds. The Labute approximate surface area is 150 Å². The Hall–Kier alpha value is -2.29. The number of carboxylic acids is 1. The van der Waals surface area contributed by atoms with Crippen molar-refractivity contribution in [2.24, 2.45) is 0 Å². The van der Waals surface area contributed by atoms with Gasteiger partial charge in [-0.2, -0.15) is 0 Å². The first-order chi connectivity index (χ1) is 12.0. The number of rotatable bonds is 9. The summed E-state index contributed by atoms with van der Waals surface area (Å²) >= 11 is 0. The van der Waals surface area contributed by atoms with Gasteiger partial charge in [-0.05, 0) is 41.5 Å². The van der Waals surface area contributed by atoms with Crippen molar-refractivity contribution in [3.8, 4) is 5.75 Å². The van der Waals surface area contributed by atoms with E-state index in [9.17, 15) is 9.90 Å². The van der Waals surface area contributed by atoms with Gasteiger partial charge in [0.25, 0.3) is 0 Å². The fourth-order valence-electron chi connectivity index (χ4n) is 2.83. The summed E-state index contributed by atoms with van der Waals surface area (Å²) in [5.41, 5.74) is 3.31. The van der Waals surface area contributed by atoms with Crippen LogP contribution in [0.2, 0.25) is 0 Å². The van der Waals surface area contributed by atoms with Gasteiger partial charge in [0.05, 0.1) is 0 Å². The van der Waals surface area contributed by atoms with Crippen LogP contribution in [0, 0.1) is 0 Å². The van der Waals surface area contributed by atoms with E-state index >= 15 is 0 Å². The Bertz CT molecular complexity index is 674. The molecule has 2 aromatic carbocycles. The van der Waals surface area contributed by atoms with Crippen LogP contribution in [0.15, 0.2) is 48.5 Å². The van der Waals surface area contributed by atoms with Gasteiger partial charge in [-0.25, -0.2) is 4.79 Å². The molecule has 3 heteroatoms. The maximum atomic E-state index is 11.7. The third-order valence-electron chi connectivity index (χ3n) is 4.35. The lowest BCUT2D eigenvalue weighted by Gasteiger charge is -2.19. The smallest absolute Gasteiger partial charge is 0.345 e. The number of hydrogen-bond donors (Lipinski definition) is 1. The molecule has 0 aromatic heterocycles. The molecule has 0 bridgehead atoms. The van der Waals surface area contributed by atoms with Crippen molar-refractivity contribution in [2.45, 2.75) is 58.5 Å². The van der Waals surface area contributed by atoms with E-state index in [1.807, 2.05) is 36.4 Å². The van der Waals surface area contributed by atoms with Crippen LogP contribution in [0.4, 0.5) is 0 Å². The normalized spacial score (nSPS) is 12.2. The predicted octanol–water partition coefficient (Wildman–Crippen LogP) is 5.23. The molecule has 0 aliphatic heterocycles. The maximum Gasteiger partial charge on any atom is 0.345 e. The van der Waals surface area contributed by atoms with Crippen LogP contribution >= 0.6 is 0 Å². The van der Waals surface area contributed by atoms with Crippen molar-refractivity contribution in [1.29, 1.82) is 0 Å². The molecule has 0 spiro atoms. The number of aryl methyl sites for hydroxylation is 1. The summed E-state index contributed by atoms with van der Waals surface area (Å²) in [6.07, 6.45) is 2.88. The second-order valence-electron chi connectivity index (χ2n) is 6.76. The van der Waals surface area contributed by atoms with Crippen molar-refractivity contribution >= 4 is 5.97 Å². The fraction of sp³-hybridized carbons (Fsp3) is 0.409. The standard InChI is InChI=1S/C22H28O3/c1-4-5-8-17-11-13-18(14-12-17)15-21(22(23)24)25-20-10-7-6-9-19(20)16(2)3/h6-7,9-14,16,21H,4-5,8,15H2,1-3H3,(H,23,24). The monoisotopic (exact) mass is 340 g/mol. The van der Waals surface area contributed by atoms with E-state index in [2.05, 4.69) is 32.9 Å². The zero-order valence-electron chi connectivity index (χ0n) is 15.4. The van der Waals surface area contributed by atoms with Gasteiger partial charge in [-0.3, -0.25) is 0 Å². The largest absolute Gasteiger partial charge is 0.478 e. The molecule has 134 valence electrons. The molecule has 0 heterocycles. The molecule has 25 heavy (non-hydrogen) atoms. The molecule has 2 rings (SSSR count). The minimum absolute atomic E-state index is 0.281. The Kier molecular flexibility index (Phi) is 7.05. The van der Waals surface area contributed by atoms with Gasteiger partial charge in [-0.1, -0.05) is 69.7 Å². The molecule has 3 nitrogen and oxygen atoms in total. The number of carbonyl (C=O) groups is 1. The number of para-hydroxylation sites is 1. The van der Waals surface area contributed by atoms with Gasteiger partial charge in [0.2, 0.25) is 0 Å². The topological polar surface area (TPSA) is 46.5 Å². The Morgan fingerprint density at radius 1 is 1.04 bits per heavy atom. The third-order valence-corrected chi connectivity index (χ3v) is 4.35. The van der Waals surface area contributed by atoms with Crippen molar-refractivity contribution in [3.63, 3.8) is 0 Å². The highest BCUT2D eigenvalue weighted by Crippen LogP contribution is 2.27. The van der Waals surface area contributed by atoms with Gasteiger partial charge in [0.15, 0.2) is 6.10 Å². The third kappa shape index (κ3) is 5.63. The Morgan fingerprint density at radius 2 is 1.68 bits per heavy atom. The van der Waals surface area contributed by atoms with Crippen LogP contribution in [0.5, 0.6) is 5.75 Å². The Balaban J connectivity index is 2.10. The van der Waals surface area contributed by atoms with Crippen LogP contribution in [-0.4, -0.2) is 17.2 Å². The minimum Gasteiger partial charge on any atom is -0.478 e. The van der Waals surface area contributed by atoms with Gasteiger partial charge in [0.1, 0.15) is 5.75 Å². The molecule has 2 aromatic rings. The number of aliphatic carboxylic acids is 1. The van der Waals surface area contributed by atoms with E-state index < -0.39 is 12.1 Å². The lowest BCUT2D eigenvalue weighted by molar-refractivity contribution is -0.145. The molecule has 0 aliphatic carbocycles.